The number of carbonyl (C=O) groups is 12. The van der Waals surface area contributed by atoms with Crippen LogP contribution >= 0.6 is 11.8 Å². The fraction of sp³-hybridized carbons (Fsp3) is 0.394. The predicted octanol–water partition coefficient (Wildman–Crippen LogP) is 7.84. The Balaban J connectivity index is 0.000000312. The largest absolute Gasteiger partial charge is 0.464 e. The summed E-state index contributed by atoms with van der Waals surface area (Å²) in [6.45, 7) is 7.70. The third-order valence-electron chi connectivity index (χ3n) is 21.2. The Morgan fingerprint density at radius 3 is 0.992 bits per heavy atom. The number of nitrogens with two attached hydrogens (primary N) is 1. The molecule has 8 aromatic carbocycles. The van der Waals surface area contributed by atoms with Gasteiger partial charge < -0.3 is 97.4 Å². The molecule has 3 aliphatic rings. The molecule has 1 saturated heterocycles. The van der Waals surface area contributed by atoms with Crippen molar-refractivity contribution >= 4 is 83.1 Å². The molecular weight excluding hydrogens is 1690 g/mol. The molecule has 32 heteroatoms. The van der Waals surface area contributed by atoms with Gasteiger partial charge in [-0.25, -0.2) is 14.4 Å². The Bertz CT molecular complexity index is 4820. The normalized spacial score (nSPS) is 13.6. The van der Waals surface area contributed by atoms with E-state index < -0.39 is 89.8 Å². The molecule has 0 spiro atoms. The van der Waals surface area contributed by atoms with Gasteiger partial charge in [0.25, 0.3) is 0 Å². The summed E-state index contributed by atoms with van der Waals surface area (Å²) in [6.07, 6.45) is 1.55. The number of ether oxygens (including phenoxy) is 7. The molecule has 6 unspecified atom stereocenters. The van der Waals surface area contributed by atoms with Gasteiger partial charge in [-0.2, -0.15) is 11.8 Å². The highest BCUT2D eigenvalue weighted by atomic mass is 32.2. The average Bonchev–Trinajstić information content (AvgIpc) is 1.62. The lowest BCUT2D eigenvalue weighted by atomic mass is 9.98. The van der Waals surface area contributed by atoms with E-state index in [-0.39, 0.29) is 180 Å². The van der Waals surface area contributed by atoms with Gasteiger partial charge >= 0.3 is 18.2 Å². The average molecular weight is 1820 g/mol. The number of rotatable bonds is 50. The number of alkyl carbamates (subject to hydrolysis) is 2. The smallest absolute Gasteiger partial charge is 0.407 e. The first-order valence-electron chi connectivity index (χ1n) is 44.3. The molecule has 11 amide bonds. The van der Waals surface area contributed by atoms with Crippen LogP contribution in [0.3, 0.4) is 0 Å². The van der Waals surface area contributed by atoms with Gasteiger partial charge in [0.05, 0.1) is 59.5 Å². The molecule has 11 rings (SSSR count). The lowest BCUT2D eigenvalue weighted by Gasteiger charge is -2.25. The molecule has 1 heterocycles. The standard InChI is InChI=1S/C49H60N6O9S.C47H53N5O10.C2H6.CH5N/c1-50-46(58)41(23-30-65-2)54-48(60)43(32-35-15-7-4-8-16-35)55-47(59)42(31-34-13-5-3-6-14-34)53-45(57)22-21-44(56)51-24-26-62-28-29-63-27-25-52-49(61)64-33-40-38-19-11-9-17-36(38)37-18-10-12-20-39(37)40;53-42(48-22-25-59-27-28-60-26-23-49-47(58)62-31-38-36-17-9-7-15-34(36)35-16-8-10-18-37(35)38)19-20-43(54)50-40(29-32-11-3-1-4-12-32)44(55)52-41(30-33-13-5-2-6-14-33)45(56)51-39-21-24-61-46(39)57;2*1-2/h3-20,40-43H,21-33H2,1-2H3,(H,50,58)(H,51,56)(H,52,61)(H,53,57)(H,54,60)(H,55,59);1-18,38-41H,19-31H2,(H,48,53)(H,49,58)(H,50,54)(H,51,56)(H,52,55);1-2H3;2H2,1H3. The van der Waals surface area contributed by atoms with Gasteiger partial charge in [0.1, 0.15) is 49.5 Å². The van der Waals surface area contributed by atoms with Crippen LogP contribution in [-0.2, 0) is 107 Å². The molecule has 0 radical (unpaired) electrons. The van der Waals surface area contributed by atoms with Crippen molar-refractivity contribution in [2.45, 2.75) is 126 Å². The number of amides is 11. The number of thioether (sulfide) groups is 1. The van der Waals surface area contributed by atoms with Crippen LogP contribution in [0.4, 0.5) is 9.59 Å². The number of nitrogens with one attached hydrogen (secondary N) is 11. The summed E-state index contributed by atoms with van der Waals surface area (Å²) in [4.78, 5) is 156. The number of hydrogen-bond acceptors (Lipinski definition) is 21. The number of esters is 1. The number of likely N-dealkylation sites (N-methyl/N-ethyl adjacent to an activating group) is 1. The molecule has 2 aliphatic carbocycles. The van der Waals surface area contributed by atoms with Crippen LogP contribution in [-0.4, -0.2) is 233 Å². The summed E-state index contributed by atoms with van der Waals surface area (Å²) in [5.74, 6) is -4.31. The third-order valence-corrected chi connectivity index (χ3v) is 21.8. The topological polar surface area (TPSA) is 428 Å². The maximum Gasteiger partial charge on any atom is 0.407 e. The van der Waals surface area contributed by atoms with Gasteiger partial charge in [0.2, 0.25) is 53.2 Å². The summed E-state index contributed by atoms with van der Waals surface area (Å²) in [5.41, 5.74) is 16.9. The van der Waals surface area contributed by atoms with E-state index in [2.05, 4.69) is 113 Å². The second-order valence-corrected chi connectivity index (χ2v) is 31.2. The number of hydrogen-bond donors (Lipinski definition) is 12. The van der Waals surface area contributed by atoms with Crippen LogP contribution in [0.2, 0.25) is 0 Å². The summed E-state index contributed by atoms with van der Waals surface area (Å²) < 4.78 is 38.2. The summed E-state index contributed by atoms with van der Waals surface area (Å²) in [5, 5.41) is 30.0. The van der Waals surface area contributed by atoms with E-state index in [1.54, 1.807) is 11.8 Å². The first-order chi connectivity index (χ1) is 63.9. The second-order valence-electron chi connectivity index (χ2n) is 30.2. The first-order valence-corrected chi connectivity index (χ1v) is 45.7. The molecule has 31 nitrogen and oxygen atoms in total. The molecule has 131 heavy (non-hydrogen) atoms. The molecule has 700 valence electrons. The minimum absolute atomic E-state index is 0.0183. The SMILES string of the molecule is CC.CN.CNC(=O)C(CCSC)NC(=O)C(Cc1ccccc1)NC(=O)C(Cc1ccccc1)NC(=O)CCC(=O)NCCOCCOCCNC(=O)OCC1c2ccccc2-c2ccccc21.O=C(CCC(=O)NC(Cc1ccccc1)C(=O)NC(Cc1ccccc1)C(=O)NC1CCOC1=O)NCCOCCOCCNC(=O)OCC1c2ccccc2-c2ccccc21. The molecule has 0 saturated carbocycles. The van der Waals surface area contributed by atoms with E-state index in [4.69, 9.17) is 33.2 Å². The molecular formula is C99H124N12O19S. The van der Waals surface area contributed by atoms with Crippen LogP contribution in [0, 0.1) is 0 Å². The van der Waals surface area contributed by atoms with Gasteiger partial charge in [-0.05, 0) is 92.2 Å². The van der Waals surface area contributed by atoms with Gasteiger partial charge in [0.15, 0.2) is 0 Å². The lowest BCUT2D eigenvalue weighted by Crippen LogP contribution is -2.57. The maximum atomic E-state index is 13.9. The fourth-order valence-corrected chi connectivity index (χ4v) is 15.2. The Kier molecular flexibility index (Phi) is 46.4. The quantitative estimate of drug-likeness (QED) is 0.00981. The zero-order valence-corrected chi connectivity index (χ0v) is 75.8. The van der Waals surface area contributed by atoms with Crippen molar-refractivity contribution in [1.82, 2.24) is 58.5 Å². The van der Waals surface area contributed by atoms with E-state index in [9.17, 15) is 57.5 Å². The highest BCUT2D eigenvalue weighted by Gasteiger charge is 2.36. The fourth-order valence-electron chi connectivity index (χ4n) is 14.7. The monoisotopic (exact) mass is 1820 g/mol. The minimum Gasteiger partial charge on any atom is -0.464 e. The summed E-state index contributed by atoms with van der Waals surface area (Å²) in [7, 11) is 3.00. The van der Waals surface area contributed by atoms with E-state index in [0.717, 1.165) is 66.8 Å². The van der Waals surface area contributed by atoms with Crippen molar-refractivity contribution in [2.75, 3.05) is 125 Å². The Hall–Kier alpha value is -12.9. The number of carbonyl (C=O) groups excluding carboxylic acids is 12. The van der Waals surface area contributed by atoms with Crippen LogP contribution in [0.5, 0.6) is 0 Å². The van der Waals surface area contributed by atoms with Crippen molar-refractivity contribution in [2.24, 2.45) is 5.73 Å². The Morgan fingerprint density at radius 1 is 0.374 bits per heavy atom. The predicted molar refractivity (Wildman–Crippen MR) is 500 cm³/mol. The van der Waals surface area contributed by atoms with E-state index >= 15 is 0 Å². The number of benzene rings is 8. The maximum absolute atomic E-state index is 13.9. The second kappa shape index (κ2) is 58.7. The number of fused-ring (bicyclic) bond motifs is 6. The minimum atomic E-state index is -1.07. The van der Waals surface area contributed by atoms with Crippen LogP contribution in [0.25, 0.3) is 22.3 Å². The van der Waals surface area contributed by atoms with E-state index in [0.29, 0.717) is 18.6 Å². The van der Waals surface area contributed by atoms with Gasteiger partial charge in [0, 0.05) is 103 Å². The molecule has 1 aliphatic heterocycles. The molecule has 8 aromatic rings. The van der Waals surface area contributed by atoms with Crippen molar-refractivity contribution in [3.63, 3.8) is 0 Å². The van der Waals surface area contributed by atoms with Crippen molar-refractivity contribution in [3.8, 4) is 22.3 Å². The van der Waals surface area contributed by atoms with Crippen molar-refractivity contribution < 1.29 is 90.7 Å². The Morgan fingerprint density at radius 2 is 0.672 bits per heavy atom. The van der Waals surface area contributed by atoms with E-state index in [1.165, 1.54) is 14.1 Å². The Labute approximate surface area is 770 Å². The molecule has 6 atom stereocenters. The number of cyclic esters (lactones) is 1. The zero-order valence-electron chi connectivity index (χ0n) is 75.0. The molecule has 13 N–H and O–H groups in total. The van der Waals surface area contributed by atoms with Gasteiger partial charge in [-0.3, -0.25) is 43.2 Å². The molecule has 0 aromatic heterocycles. The van der Waals surface area contributed by atoms with Gasteiger partial charge in [-0.15, -0.1) is 0 Å². The zero-order chi connectivity index (χ0) is 93.8. The third kappa shape index (κ3) is 35.5. The first kappa shape index (κ1) is 104. The van der Waals surface area contributed by atoms with Crippen molar-refractivity contribution in [3.05, 3.63) is 263 Å². The molecule has 0 bridgehead atoms. The lowest BCUT2D eigenvalue weighted by molar-refractivity contribution is -0.141. The van der Waals surface area contributed by atoms with Crippen molar-refractivity contribution in [1.29, 1.82) is 0 Å². The van der Waals surface area contributed by atoms with E-state index in [1.807, 2.05) is 190 Å². The summed E-state index contributed by atoms with van der Waals surface area (Å²) in [6, 6.07) is 63.3. The van der Waals surface area contributed by atoms with Crippen LogP contribution in [0.1, 0.15) is 109 Å². The van der Waals surface area contributed by atoms with Gasteiger partial charge in [-0.1, -0.05) is 232 Å². The highest BCUT2D eigenvalue weighted by molar-refractivity contribution is 7.98. The summed E-state index contributed by atoms with van der Waals surface area (Å²) >= 11 is 1.55. The molecule has 1 fully saturated rings. The highest BCUT2D eigenvalue weighted by Crippen LogP contribution is 2.46. The van der Waals surface area contributed by atoms with Crippen LogP contribution in [0.15, 0.2) is 218 Å². The van der Waals surface area contributed by atoms with Crippen LogP contribution < -0.4 is 64.2 Å².